The maximum absolute atomic E-state index is 5.39. The molecule has 0 saturated carbocycles. The summed E-state index contributed by atoms with van der Waals surface area (Å²) in [6, 6.07) is 87.7. The van der Waals surface area contributed by atoms with Gasteiger partial charge in [0, 0.05) is 38.2 Å². The Labute approximate surface area is 392 Å². The number of hydrogen-bond acceptors (Lipinski definition) is 2. The lowest BCUT2D eigenvalue weighted by Crippen LogP contribution is -2.03. The van der Waals surface area contributed by atoms with Gasteiger partial charge in [-0.05, 0) is 116 Å². The molecule has 0 aliphatic carbocycles. The third kappa shape index (κ3) is 6.08. The molecule has 0 atom stereocenters. The molecule has 11 aromatic carbocycles. The van der Waals surface area contributed by atoms with Crippen LogP contribution in [-0.4, -0.2) is 19.1 Å². The SMILES string of the molecule is c1ccc(-c2ccc(-c3nc(-n4c5ccccc5c5cc(-c6ccc7c(c6)c6c8ccccc8ccc6n7-c6ccc(-c7ccc8ccccc8c7)cc6)ccc54)nc4ccccc34)cc2)cc1. The van der Waals surface area contributed by atoms with E-state index in [-0.39, 0.29) is 0 Å². The summed E-state index contributed by atoms with van der Waals surface area (Å²) < 4.78 is 4.66. The van der Waals surface area contributed by atoms with Crippen LogP contribution in [0.5, 0.6) is 0 Å². The normalized spacial score (nSPS) is 11.8. The highest BCUT2D eigenvalue weighted by Crippen LogP contribution is 2.41. The molecule has 0 aliphatic rings. The van der Waals surface area contributed by atoms with E-state index < -0.39 is 0 Å². The number of aromatic nitrogens is 4. The number of rotatable bonds is 6. The first-order valence-electron chi connectivity index (χ1n) is 23.2. The zero-order valence-electron chi connectivity index (χ0n) is 36.9. The molecule has 0 N–H and O–H groups in total. The van der Waals surface area contributed by atoms with Gasteiger partial charge >= 0.3 is 0 Å². The second kappa shape index (κ2) is 15.2. The molecule has 3 heterocycles. The van der Waals surface area contributed by atoms with Gasteiger partial charge in [-0.3, -0.25) is 4.57 Å². The summed E-state index contributed by atoms with van der Waals surface area (Å²) in [5.74, 6) is 0.649. The second-order valence-electron chi connectivity index (χ2n) is 17.8. The highest BCUT2D eigenvalue weighted by Gasteiger charge is 2.20. The van der Waals surface area contributed by atoms with Gasteiger partial charge < -0.3 is 4.57 Å². The van der Waals surface area contributed by atoms with Gasteiger partial charge in [0.15, 0.2) is 0 Å². The number of para-hydroxylation sites is 2. The number of nitrogens with zero attached hydrogens (tertiary/aromatic N) is 4. The van der Waals surface area contributed by atoms with E-state index in [1.54, 1.807) is 0 Å². The zero-order valence-corrected chi connectivity index (χ0v) is 36.9. The molecule has 14 rings (SSSR count). The van der Waals surface area contributed by atoms with Gasteiger partial charge in [0.2, 0.25) is 5.95 Å². The number of fused-ring (bicyclic) bond motifs is 10. The highest BCUT2D eigenvalue weighted by atomic mass is 15.2. The van der Waals surface area contributed by atoms with Gasteiger partial charge in [0.05, 0.1) is 33.3 Å². The summed E-state index contributed by atoms with van der Waals surface area (Å²) in [5, 5.41) is 10.8. The van der Waals surface area contributed by atoms with Crippen LogP contribution in [0.4, 0.5) is 0 Å². The summed E-state index contributed by atoms with van der Waals surface area (Å²) in [6.45, 7) is 0. The fourth-order valence-electron chi connectivity index (χ4n) is 10.6. The van der Waals surface area contributed by atoms with E-state index in [2.05, 4.69) is 252 Å². The van der Waals surface area contributed by atoms with Crippen LogP contribution in [0.2, 0.25) is 0 Å². The van der Waals surface area contributed by atoms with Gasteiger partial charge in [-0.1, -0.05) is 182 Å². The summed E-state index contributed by atoms with van der Waals surface area (Å²) in [5.41, 5.74) is 15.6. The Morgan fingerprint density at radius 3 is 1.59 bits per heavy atom. The van der Waals surface area contributed by atoms with E-state index in [4.69, 9.17) is 9.97 Å². The molecular weight excluding hydrogens is 825 g/mol. The third-order valence-corrected chi connectivity index (χ3v) is 13.9. The van der Waals surface area contributed by atoms with E-state index in [1.165, 1.54) is 65.6 Å². The lowest BCUT2D eigenvalue weighted by Gasteiger charge is -2.12. The lowest BCUT2D eigenvalue weighted by molar-refractivity contribution is 1.01. The van der Waals surface area contributed by atoms with Gasteiger partial charge in [0.25, 0.3) is 0 Å². The van der Waals surface area contributed by atoms with Gasteiger partial charge in [0.1, 0.15) is 0 Å². The predicted molar refractivity (Wildman–Crippen MR) is 285 cm³/mol. The van der Waals surface area contributed by atoms with Crippen molar-refractivity contribution in [2.45, 2.75) is 0 Å². The first-order valence-corrected chi connectivity index (χ1v) is 23.2. The lowest BCUT2D eigenvalue weighted by atomic mass is 9.99. The highest BCUT2D eigenvalue weighted by molar-refractivity contribution is 6.22. The van der Waals surface area contributed by atoms with Crippen molar-refractivity contribution in [3.63, 3.8) is 0 Å². The van der Waals surface area contributed by atoms with Crippen LogP contribution < -0.4 is 0 Å². The maximum Gasteiger partial charge on any atom is 0.235 e. The van der Waals surface area contributed by atoms with Crippen molar-refractivity contribution < 1.29 is 0 Å². The third-order valence-electron chi connectivity index (χ3n) is 13.9. The number of benzene rings is 11. The standard InChI is InChI=1S/C64H40N4/c1-2-12-41(13-3-1)43-22-25-46(26-23-43)63-54-19-8-10-20-57(54)65-64(66-63)68-58-21-11-9-18-53(58)55-39-49(31-35-59(55)68)50-32-36-60-56(40-50)62-52-17-7-6-15-45(52)30-37-61(62)67(60)51-33-28-44(29-34-51)48-27-24-42-14-4-5-16-47(42)38-48/h1-40H. The fraction of sp³-hybridized carbons (Fsp3) is 0. The molecule has 3 aromatic heterocycles. The monoisotopic (exact) mass is 864 g/mol. The number of hydrogen-bond donors (Lipinski definition) is 0. The quantitative estimate of drug-likeness (QED) is 0.167. The van der Waals surface area contributed by atoms with Crippen LogP contribution >= 0.6 is 0 Å². The Morgan fingerprint density at radius 2 is 0.779 bits per heavy atom. The van der Waals surface area contributed by atoms with Crippen molar-refractivity contribution in [3.05, 3.63) is 243 Å². The zero-order chi connectivity index (χ0) is 44.7. The fourth-order valence-corrected chi connectivity index (χ4v) is 10.6. The molecule has 0 unspecified atom stereocenters. The minimum absolute atomic E-state index is 0.649. The van der Waals surface area contributed by atoms with E-state index in [0.717, 1.165) is 60.8 Å². The molecule has 0 aliphatic heterocycles. The van der Waals surface area contributed by atoms with Crippen molar-refractivity contribution in [2.24, 2.45) is 0 Å². The molecule has 0 spiro atoms. The van der Waals surface area contributed by atoms with Crippen LogP contribution in [0.25, 0.3) is 132 Å². The van der Waals surface area contributed by atoms with Crippen LogP contribution in [0.3, 0.4) is 0 Å². The van der Waals surface area contributed by atoms with Gasteiger partial charge in [-0.2, -0.15) is 0 Å². The molecule has 4 heteroatoms. The summed E-state index contributed by atoms with van der Waals surface area (Å²) in [6.07, 6.45) is 0. The molecule has 14 aromatic rings. The van der Waals surface area contributed by atoms with E-state index in [1.807, 2.05) is 0 Å². The summed E-state index contributed by atoms with van der Waals surface area (Å²) in [4.78, 5) is 10.6. The predicted octanol–water partition coefficient (Wildman–Crippen LogP) is 16.8. The first kappa shape index (κ1) is 38.2. The minimum atomic E-state index is 0.649. The maximum atomic E-state index is 5.39. The molecule has 4 nitrogen and oxygen atoms in total. The molecular formula is C64H40N4. The Hall–Kier alpha value is -9.12. The average Bonchev–Trinajstić information content (AvgIpc) is 3.93. The minimum Gasteiger partial charge on any atom is -0.309 e. The van der Waals surface area contributed by atoms with E-state index >= 15 is 0 Å². The Balaban J connectivity index is 0.903. The van der Waals surface area contributed by atoms with Crippen molar-refractivity contribution in [1.29, 1.82) is 0 Å². The smallest absolute Gasteiger partial charge is 0.235 e. The first-order chi connectivity index (χ1) is 33.7. The molecule has 0 radical (unpaired) electrons. The largest absolute Gasteiger partial charge is 0.309 e. The summed E-state index contributed by atoms with van der Waals surface area (Å²) >= 11 is 0. The van der Waals surface area contributed by atoms with Crippen LogP contribution in [0.1, 0.15) is 0 Å². The molecule has 0 fully saturated rings. The average molecular weight is 865 g/mol. The molecule has 0 amide bonds. The van der Waals surface area contributed by atoms with Crippen molar-refractivity contribution in [3.8, 4) is 56.3 Å². The topological polar surface area (TPSA) is 35.6 Å². The van der Waals surface area contributed by atoms with E-state index in [9.17, 15) is 0 Å². The molecule has 0 bridgehead atoms. The Bertz CT molecular complexity index is 4290. The van der Waals surface area contributed by atoms with Crippen LogP contribution in [0.15, 0.2) is 243 Å². The van der Waals surface area contributed by atoms with Crippen LogP contribution in [0, 0.1) is 0 Å². The van der Waals surface area contributed by atoms with Crippen LogP contribution in [-0.2, 0) is 0 Å². The van der Waals surface area contributed by atoms with Crippen molar-refractivity contribution in [1.82, 2.24) is 19.1 Å². The van der Waals surface area contributed by atoms with Crippen molar-refractivity contribution >= 4 is 76.1 Å². The second-order valence-corrected chi connectivity index (χ2v) is 17.8. The molecule has 316 valence electrons. The van der Waals surface area contributed by atoms with E-state index in [0.29, 0.717) is 5.95 Å². The molecule has 68 heavy (non-hydrogen) atoms. The van der Waals surface area contributed by atoms with Crippen molar-refractivity contribution in [2.75, 3.05) is 0 Å². The Morgan fingerprint density at radius 1 is 0.265 bits per heavy atom. The summed E-state index contributed by atoms with van der Waals surface area (Å²) in [7, 11) is 0. The molecule has 0 saturated heterocycles. The Kier molecular flexibility index (Phi) is 8.55. The van der Waals surface area contributed by atoms with Gasteiger partial charge in [-0.15, -0.1) is 0 Å². The van der Waals surface area contributed by atoms with Gasteiger partial charge in [-0.25, -0.2) is 9.97 Å².